The average Bonchev–Trinajstić information content (AvgIpc) is 2.03. The summed E-state index contributed by atoms with van der Waals surface area (Å²) < 4.78 is 0. The van der Waals surface area contributed by atoms with Gasteiger partial charge in [0.05, 0.1) is 0 Å². The van der Waals surface area contributed by atoms with Crippen LogP contribution in [0.2, 0.25) is 0 Å². The van der Waals surface area contributed by atoms with Gasteiger partial charge in [-0.25, -0.2) is 0 Å². The predicted molar refractivity (Wildman–Crippen MR) is 58.0 cm³/mol. The SMILES string of the molecule is CC(C)C(C=O)CC(C=O)C(C)(C)C. The first-order valence-corrected chi connectivity index (χ1v) is 5.23. The number of carbonyl (C=O) groups is 2. The maximum Gasteiger partial charge on any atom is 0.123 e. The molecule has 0 aromatic rings. The first-order valence-electron chi connectivity index (χ1n) is 5.23. The maximum atomic E-state index is 10.9. The normalized spacial score (nSPS) is 16.4. The van der Waals surface area contributed by atoms with Crippen LogP contribution in [0.4, 0.5) is 0 Å². The van der Waals surface area contributed by atoms with Crippen LogP contribution >= 0.6 is 0 Å². The number of aldehydes is 2. The summed E-state index contributed by atoms with van der Waals surface area (Å²) in [7, 11) is 0. The molecule has 0 rings (SSSR count). The van der Waals surface area contributed by atoms with Crippen LogP contribution in [0.1, 0.15) is 41.0 Å². The average molecular weight is 198 g/mol. The van der Waals surface area contributed by atoms with Gasteiger partial charge in [-0.2, -0.15) is 0 Å². The molecule has 14 heavy (non-hydrogen) atoms. The lowest BCUT2D eigenvalue weighted by Gasteiger charge is -2.28. The Hall–Kier alpha value is -0.660. The van der Waals surface area contributed by atoms with Crippen molar-refractivity contribution in [1.82, 2.24) is 0 Å². The lowest BCUT2D eigenvalue weighted by Crippen LogP contribution is -2.26. The van der Waals surface area contributed by atoms with E-state index in [0.29, 0.717) is 12.3 Å². The van der Waals surface area contributed by atoms with Gasteiger partial charge in [-0.15, -0.1) is 0 Å². The molecule has 0 heterocycles. The van der Waals surface area contributed by atoms with Gasteiger partial charge < -0.3 is 9.59 Å². The summed E-state index contributed by atoms with van der Waals surface area (Å²) in [6.07, 6.45) is 2.64. The Balaban J connectivity index is 4.44. The Morgan fingerprint density at radius 2 is 1.57 bits per heavy atom. The number of hydrogen-bond donors (Lipinski definition) is 0. The molecule has 0 radical (unpaired) electrons. The molecule has 0 saturated heterocycles. The van der Waals surface area contributed by atoms with E-state index in [9.17, 15) is 9.59 Å². The van der Waals surface area contributed by atoms with E-state index in [-0.39, 0.29) is 17.3 Å². The molecule has 2 heteroatoms. The molecule has 0 aliphatic rings. The minimum atomic E-state index is -0.0437. The van der Waals surface area contributed by atoms with Gasteiger partial charge in [0, 0.05) is 11.8 Å². The second-order valence-corrected chi connectivity index (χ2v) is 5.39. The van der Waals surface area contributed by atoms with Gasteiger partial charge in [-0.05, 0) is 17.8 Å². The molecule has 0 amide bonds. The summed E-state index contributed by atoms with van der Waals surface area (Å²) in [4.78, 5) is 21.7. The van der Waals surface area contributed by atoms with Crippen molar-refractivity contribution in [3.8, 4) is 0 Å². The molecule has 0 aromatic carbocycles. The molecule has 2 unspecified atom stereocenters. The molecule has 0 aromatic heterocycles. The Bertz CT molecular complexity index is 189. The molecule has 0 spiro atoms. The fraction of sp³-hybridized carbons (Fsp3) is 0.833. The molecule has 0 aliphatic carbocycles. The first kappa shape index (κ1) is 13.3. The van der Waals surface area contributed by atoms with E-state index >= 15 is 0 Å². The number of carbonyl (C=O) groups excluding carboxylic acids is 2. The number of hydrogen-bond acceptors (Lipinski definition) is 2. The zero-order chi connectivity index (χ0) is 11.4. The van der Waals surface area contributed by atoms with Crippen molar-refractivity contribution in [1.29, 1.82) is 0 Å². The van der Waals surface area contributed by atoms with Crippen LogP contribution in [0.5, 0.6) is 0 Å². The highest BCUT2D eigenvalue weighted by Gasteiger charge is 2.28. The highest BCUT2D eigenvalue weighted by Crippen LogP contribution is 2.31. The Labute approximate surface area is 87.1 Å². The topological polar surface area (TPSA) is 34.1 Å². The molecular weight excluding hydrogens is 176 g/mol. The van der Waals surface area contributed by atoms with Gasteiger partial charge in [0.2, 0.25) is 0 Å². The third-order valence-corrected chi connectivity index (χ3v) is 2.83. The largest absolute Gasteiger partial charge is 0.303 e. The van der Waals surface area contributed by atoms with Crippen LogP contribution in [0.25, 0.3) is 0 Å². The molecule has 0 aliphatic heterocycles. The van der Waals surface area contributed by atoms with Gasteiger partial charge in [0.15, 0.2) is 0 Å². The lowest BCUT2D eigenvalue weighted by atomic mass is 9.75. The monoisotopic (exact) mass is 198 g/mol. The summed E-state index contributed by atoms with van der Waals surface area (Å²) in [5.41, 5.74) is -0.0437. The molecular formula is C12H22O2. The standard InChI is InChI=1S/C12H22O2/c1-9(2)10(7-13)6-11(8-14)12(3,4)5/h7-11H,6H2,1-5H3. The highest BCUT2D eigenvalue weighted by atomic mass is 16.1. The molecule has 2 atom stereocenters. The van der Waals surface area contributed by atoms with Gasteiger partial charge in [-0.1, -0.05) is 34.6 Å². The minimum absolute atomic E-state index is 0.00410. The summed E-state index contributed by atoms with van der Waals surface area (Å²) >= 11 is 0. The third kappa shape index (κ3) is 4.03. The van der Waals surface area contributed by atoms with E-state index in [1.54, 1.807) is 0 Å². The molecule has 0 saturated carbocycles. The summed E-state index contributed by atoms with van der Waals surface area (Å²) in [6.45, 7) is 10.1. The van der Waals surface area contributed by atoms with Crippen LogP contribution in [-0.2, 0) is 9.59 Å². The highest BCUT2D eigenvalue weighted by molar-refractivity contribution is 5.59. The lowest BCUT2D eigenvalue weighted by molar-refractivity contribution is -0.117. The van der Waals surface area contributed by atoms with E-state index in [1.165, 1.54) is 0 Å². The summed E-state index contributed by atoms with van der Waals surface area (Å²) in [6, 6.07) is 0. The Kier molecular flexibility index (Phi) is 5.03. The van der Waals surface area contributed by atoms with E-state index in [4.69, 9.17) is 0 Å². The number of rotatable bonds is 5. The van der Waals surface area contributed by atoms with Crippen molar-refractivity contribution in [3.63, 3.8) is 0 Å². The maximum absolute atomic E-state index is 10.9. The Morgan fingerprint density at radius 3 is 1.79 bits per heavy atom. The second-order valence-electron chi connectivity index (χ2n) is 5.39. The molecule has 0 fully saturated rings. The van der Waals surface area contributed by atoms with E-state index in [2.05, 4.69) is 0 Å². The quantitative estimate of drug-likeness (QED) is 0.636. The summed E-state index contributed by atoms with van der Waals surface area (Å²) in [5, 5.41) is 0. The molecule has 0 bridgehead atoms. The smallest absolute Gasteiger partial charge is 0.123 e. The molecule has 82 valence electrons. The van der Waals surface area contributed by atoms with Crippen molar-refractivity contribution < 1.29 is 9.59 Å². The van der Waals surface area contributed by atoms with Crippen LogP contribution in [0.3, 0.4) is 0 Å². The zero-order valence-corrected chi connectivity index (χ0v) is 9.91. The molecule has 2 nitrogen and oxygen atoms in total. The first-order chi connectivity index (χ1) is 6.32. The van der Waals surface area contributed by atoms with Gasteiger partial charge >= 0.3 is 0 Å². The van der Waals surface area contributed by atoms with E-state index < -0.39 is 0 Å². The van der Waals surface area contributed by atoms with E-state index in [0.717, 1.165) is 12.6 Å². The summed E-state index contributed by atoms with van der Waals surface area (Å²) in [5.74, 6) is 0.293. The van der Waals surface area contributed by atoms with Crippen molar-refractivity contribution in [2.75, 3.05) is 0 Å². The predicted octanol–water partition coefficient (Wildman–Crippen LogP) is 2.71. The minimum Gasteiger partial charge on any atom is -0.303 e. The van der Waals surface area contributed by atoms with Crippen molar-refractivity contribution in [2.45, 2.75) is 41.0 Å². The van der Waals surface area contributed by atoms with Crippen LogP contribution < -0.4 is 0 Å². The van der Waals surface area contributed by atoms with Crippen molar-refractivity contribution in [2.24, 2.45) is 23.2 Å². The van der Waals surface area contributed by atoms with Gasteiger partial charge in [0.1, 0.15) is 12.6 Å². The van der Waals surface area contributed by atoms with Crippen LogP contribution in [0, 0.1) is 23.2 Å². The zero-order valence-electron chi connectivity index (χ0n) is 9.91. The van der Waals surface area contributed by atoms with Crippen LogP contribution in [0.15, 0.2) is 0 Å². The molecule has 0 N–H and O–H groups in total. The fourth-order valence-corrected chi connectivity index (χ4v) is 1.39. The van der Waals surface area contributed by atoms with E-state index in [1.807, 2.05) is 34.6 Å². The Morgan fingerprint density at radius 1 is 1.07 bits per heavy atom. The third-order valence-electron chi connectivity index (χ3n) is 2.83. The van der Waals surface area contributed by atoms with Gasteiger partial charge in [-0.3, -0.25) is 0 Å². The second kappa shape index (κ2) is 5.28. The van der Waals surface area contributed by atoms with Crippen LogP contribution in [-0.4, -0.2) is 12.6 Å². The van der Waals surface area contributed by atoms with Crippen molar-refractivity contribution >= 4 is 12.6 Å². The fourth-order valence-electron chi connectivity index (χ4n) is 1.39. The van der Waals surface area contributed by atoms with Gasteiger partial charge in [0.25, 0.3) is 0 Å². The van der Waals surface area contributed by atoms with Crippen molar-refractivity contribution in [3.05, 3.63) is 0 Å².